The first kappa shape index (κ1) is 15.1. The van der Waals surface area contributed by atoms with Crippen LogP contribution in [-0.4, -0.2) is 18.1 Å². The van der Waals surface area contributed by atoms with Crippen LogP contribution in [0.4, 0.5) is 5.13 Å². The summed E-state index contributed by atoms with van der Waals surface area (Å²) in [5.41, 5.74) is 2.34. The molecule has 0 unspecified atom stereocenters. The van der Waals surface area contributed by atoms with E-state index in [0.717, 1.165) is 36.0 Å². The van der Waals surface area contributed by atoms with E-state index in [4.69, 9.17) is 4.74 Å². The number of fused-ring (bicyclic) bond motifs is 1. The zero-order valence-electron chi connectivity index (χ0n) is 13.0. The van der Waals surface area contributed by atoms with Crippen molar-refractivity contribution in [2.45, 2.75) is 46.5 Å². The molecule has 0 fully saturated rings. The molecule has 0 bridgehead atoms. The van der Waals surface area contributed by atoms with Crippen LogP contribution in [0.5, 0.6) is 5.75 Å². The molecule has 0 spiro atoms. The van der Waals surface area contributed by atoms with Gasteiger partial charge in [0.15, 0.2) is 5.13 Å². The van der Waals surface area contributed by atoms with Crippen molar-refractivity contribution >= 4 is 26.7 Å². The van der Waals surface area contributed by atoms with E-state index in [9.17, 15) is 0 Å². The quantitative estimate of drug-likeness (QED) is 0.858. The predicted molar refractivity (Wildman–Crippen MR) is 88.3 cm³/mol. The van der Waals surface area contributed by atoms with Gasteiger partial charge >= 0.3 is 0 Å². The highest BCUT2D eigenvalue weighted by molar-refractivity contribution is 7.22. The molecule has 0 aliphatic heterocycles. The topological polar surface area (TPSA) is 34.1 Å². The zero-order chi connectivity index (χ0) is 14.8. The number of hydrogen-bond donors (Lipinski definition) is 1. The zero-order valence-corrected chi connectivity index (χ0v) is 13.9. The maximum atomic E-state index is 5.95. The van der Waals surface area contributed by atoms with E-state index < -0.39 is 0 Å². The van der Waals surface area contributed by atoms with E-state index in [1.54, 1.807) is 11.3 Å². The molecular formula is C16H24N2OS. The van der Waals surface area contributed by atoms with Crippen molar-refractivity contribution in [2.24, 2.45) is 0 Å². The SMILES string of the molecule is CCCOc1cc2sc(NCC)nc2cc1C(C)(C)C. The Balaban J connectivity index is 2.50. The van der Waals surface area contributed by atoms with Crippen molar-refractivity contribution in [3.63, 3.8) is 0 Å². The third-order valence-electron chi connectivity index (χ3n) is 3.09. The fourth-order valence-corrected chi connectivity index (χ4v) is 3.04. The van der Waals surface area contributed by atoms with Crippen LogP contribution in [0.3, 0.4) is 0 Å². The lowest BCUT2D eigenvalue weighted by Gasteiger charge is -2.22. The minimum Gasteiger partial charge on any atom is -0.493 e. The molecule has 2 aromatic rings. The first-order chi connectivity index (χ1) is 9.45. The van der Waals surface area contributed by atoms with Gasteiger partial charge in [0.25, 0.3) is 0 Å². The number of thiazole rings is 1. The molecule has 1 N–H and O–H groups in total. The third kappa shape index (κ3) is 3.23. The second kappa shape index (κ2) is 6.00. The van der Waals surface area contributed by atoms with Crippen LogP contribution in [-0.2, 0) is 5.41 Å². The molecule has 4 heteroatoms. The van der Waals surface area contributed by atoms with E-state index in [0.29, 0.717) is 0 Å². The molecular weight excluding hydrogens is 268 g/mol. The lowest BCUT2D eigenvalue weighted by Crippen LogP contribution is -2.13. The monoisotopic (exact) mass is 292 g/mol. The van der Waals surface area contributed by atoms with E-state index in [2.05, 4.69) is 57.1 Å². The number of benzene rings is 1. The van der Waals surface area contributed by atoms with E-state index in [1.807, 2.05) is 0 Å². The first-order valence-electron chi connectivity index (χ1n) is 7.27. The molecule has 20 heavy (non-hydrogen) atoms. The molecule has 0 saturated carbocycles. The first-order valence-corrected chi connectivity index (χ1v) is 8.09. The number of rotatable bonds is 5. The molecule has 0 atom stereocenters. The van der Waals surface area contributed by atoms with Crippen LogP contribution in [0.2, 0.25) is 0 Å². The number of hydrogen-bond acceptors (Lipinski definition) is 4. The summed E-state index contributed by atoms with van der Waals surface area (Å²) in [6, 6.07) is 4.32. The van der Waals surface area contributed by atoms with Crippen molar-refractivity contribution in [3.05, 3.63) is 17.7 Å². The third-order valence-corrected chi connectivity index (χ3v) is 4.06. The Morgan fingerprint density at radius 3 is 2.60 bits per heavy atom. The Bertz CT molecular complexity index is 584. The summed E-state index contributed by atoms with van der Waals surface area (Å²) < 4.78 is 7.13. The lowest BCUT2D eigenvalue weighted by atomic mass is 9.86. The number of aromatic nitrogens is 1. The van der Waals surface area contributed by atoms with Gasteiger partial charge in [-0.15, -0.1) is 0 Å². The summed E-state index contributed by atoms with van der Waals surface area (Å²) in [4.78, 5) is 4.65. The molecule has 1 heterocycles. The fourth-order valence-electron chi connectivity index (χ4n) is 2.10. The molecule has 3 nitrogen and oxygen atoms in total. The predicted octanol–water partition coefficient (Wildman–Crippen LogP) is 4.81. The molecule has 1 aromatic heterocycles. The van der Waals surface area contributed by atoms with E-state index in [1.165, 1.54) is 10.3 Å². The Kier molecular flexibility index (Phi) is 4.53. The molecule has 1 aromatic carbocycles. The maximum absolute atomic E-state index is 5.95. The van der Waals surface area contributed by atoms with Crippen LogP contribution in [0.25, 0.3) is 10.2 Å². The minimum atomic E-state index is 0.0548. The van der Waals surface area contributed by atoms with Gasteiger partial charge in [-0.3, -0.25) is 0 Å². The van der Waals surface area contributed by atoms with Crippen molar-refractivity contribution in [1.29, 1.82) is 0 Å². The highest BCUT2D eigenvalue weighted by Gasteiger charge is 2.21. The van der Waals surface area contributed by atoms with Crippen molar-refractivity contribution in [1.82, 2.24) is 4.98 Å². The van der Waals surface area contributed by atoms with E-state index >= 15 is 0 Å². The fraction of sp³-hybridized carbons (Fsp3) is 0.562. The number of ether oxygens (including phenoxy) is 1. The van der Waals surface area contributed by atoms with Gasteiger partial charge in [-0.05, 0) is 30.9 Å². The molecule has 0 aliphatic rings. The van der Waals surface area contributed by atoms with Gasteiger partial charge < -0.3 is 10.1 Å². The Morgan fingerprint density at radius 1 is 1.25 bits per heavy atom. The summed E-state index contributed by atoms with van der Waals surface area (Å²) in [7, 11) is 0. The molecule has 0 radical (unpaired) electrons. The Labute approximate surface area is 125 Å². The number of anilines is 1. The van der Waals surface area contributed by atoms with Gasteiger partial charge in [0.1, 0.15) is 5.75 Å². The van der Waals surface area contributed by atoms with Gasteiger partial charge in [0.2, 0.25) is 0 Å². The van der Waals surface area contributed by atoms with Crippen LogP contribution < -0.4 is 10.1 Å². The lowest BCUT2D eigenvalue weighted by molar-refractivity contribution is 0.309. The van der Waals surface area contributed by atoms with Gasteiger partial charge in [0.05, 0.1) is 16.8 Å². The van der Waals surface area contributed by atoms with Crippen molar-refractivity contribution in [3.8, 4) is 5.75 Å². The summed E-state index contributed by atoms with van der Waals surface area (Å²) in [5, 5.41) is 4.27. The highest BCUT2D eigenvalue weighted by Crippen LogP contribution is 2.37. The van der Waals surface area contributed by atoms with Crippen LogP contribution in [0, 0.1) is 0 Å². The van der Waals surface area contributed by atoms with Crippen molar-refractivity contribution in [2.75, 3.05) is 18.5 Å². The molecule has 0 saturated heterocycles. The summed E-state index contributed by atoms with van der Waals surface area (Å²) in [6.45, 7) is 12.5. The average molecular weight is 292 g/mol. The standard InChI is InChI=1S/C16H24N2OS/c1-6-8-19-13-10-14-12(9-11(13)16(3,4)5)18-15(20-14)17-7-2/h9-10H,6-8H2,1-5H3,(H,17,18). The second-order valence-electron chi connectivity index (χ2n) is 5.96. The second-order valence-corrected chi connectivity index (χ2v) is 6.99. The van der Waals surface area contributed by atoms with Gasteiger partial charge in [-0.25, -0.2) is 4.98 Å². The number of nitrogens with one attached hydrogen (secondary N) is 1. The smallest absolute Gasteiger partial charge is 0.183 e. The van der Waals surface area contributed by atoms with Gasteiger partial charge in [0, 0.05) is 12.1 Å². The largest absolute Gasteiger partial charge is 0.493 e. The average Bonchev–Trinajstić information content (AvgIpc) is 2.75. The molecule has 0 aliphatic carbocycles. The van der Waals surface area contributed by atoms with Crippen LogP contribution in [0.15, 0.2) is 12.1 Å². The molecule has 0 amide bonds. The molecule has 2 rings (SSSR count). The summed E-state index contributed by atoms with van der Waals surface area (Å²) in [6.07, 6.45) is 1.02. The van der Waals surface area contributed by atoms with Crippen LogP contribution >= 0.6 is 11.3 Å². The maximum Gasteiger partial charge on any atom is 0.183 e. The summed E-state index contributed by atoms with van der Waals surface area (Å²) >= 11 is 1.69. The minimum absolute atomic E-state index is 0.0548. The summed E-state index contributed by atoms with van der Waals surface area (Å²) in [5.74, 6) is 0.999. The number of nitrogens with zero attached hydrogens (tertiary/aromatic N) is 1. The molecule has 110 valence electrons. The Morgan fingerprint density at radius 2 is 2.00 bits per heavy atom. The Hall–Kier alpha value is -1.29. The highest BCUT2D eigenvalue weighted by atomic mass is 32.1. The van der Waals surface area contributed by atoms with Crippen molar-refractivity contribution < 1.29 is 4.74 Å². The van der Waals surface area contributed by atoms with Gasteiger partial charge in [-0.1, -0.05) is 39.0 Å². The normalized spacial score (nSPS) is 11.8. The van der Waals surface area contributed by atoms with Gasteiger partial charge in [-0.2, -0.15) is 0 Å². The van der Waals surface area contributed by atoms with Crippen LogP contribution in [0.1, 0.15) is 46.6 Å². The van der Waals surface area contributed by atoms with E-state index in [-0.39, 0.29) is 5.41 Å².